The molecule has 2 aromatic carbocycles. The van der Waals surface area contributed by atoms with Gasteiger partial charge >= 0.3 is 6.09 Å². The average molecular weight is 587 g/mol. The van der Waals surface area contributed by atoms with E-state index < -0.39 is 0 Å². The number of carbonyl (C=O) groups is 3. The van der Waals surface area contributed by atoms with Gasteiger partial charge in [-0.25, -0.2) is 4.79 Å². The quantitative estimate of drug-likeness (QED) is 0.421. The molecule has 3 saturated heterocycles. The van der Waals surface area contributed by atoms with E-state index in [1.54, 1.807) is 4.90 Å². The predicted octanol–water partition coefficient (Wildman–Crippen LogP) is 6.15. The maximum atomic E-state index is 13.3. The van der Waals surface area contributed by atoms with Crippen molar-refractivity contribution in [2.75, 3.05) is 39.8 Å². The molecule has 3 aliphatic heterocycles. The normalized spacial score (nSPS) is 20.8. The third-order valence-corrected chi connectivity index (χ3v) is 9.49. The molecule has 0 N–H and O–H groups in total. The van der Waals surface area contributed by atoms with E-state index in [4.69, 9.17) is 27.9 Å². The topological polar surface area (TPSA) is 70.2 Å². The molecule has 1 atom stereocenters. The Hall–Kier alpha value is -2.77. The van der Waals surface area contributed by atoms with E-state index in [-0.39, 0.29) is 29.9 Å². The van der Waals surface area contributed by atoms with Gasteiger partial charge in [-0.3, -0.25) is 9.59 Å². The zero-order valence-corrected chi connectivity index (χ0v) is 24.7. The Balaban J connectivity index is 1.21. The van der Waals surface area contributed by atoms with Crippen LogP contribution >= 0.6 is 23.2 Å². The molecular formula is C31H37Cl2N3O4. The maximum absolute atomic E-state index is 13.3. The number of halogens is 2. The van der Waals surface area contributed by atoms with Gasteiger partial charge in [-0.15, -0.1) is 0 Å². The highest BCUT2D eigenvalue weighted by Crippen LogP contribution is 2.36. The van der Waals surface area contributed by atoms with Crippen LogP contribution in [0.3, 0.4) is 0 Å². The van der Waals surface area contributed by atoms with Crippen LogP contribution in [0.25, 0.3) is 11.1 Å². The molecule has 40 heavy (non-hydrogen) atoms. The lowest BCUT2D eigenvalue weighted by molar-refractivity contribution is -0.133. The second-order valence-corrected chi connectivity index (χ2v) is 12.2. The number of methoxy groups -OCH3 is 1. The van der Waals surface area contributed by atoms with Crippen LogP contribution in [0.5, 0.6) is 0 Å². The summed E-state index contributed by atoms with van der Waals surface area (Å²) in [5, 5.41) is 1.09. The highest BCUT2D eigenvalue weighted by atomic mass is 35.5. The van der Waals surface area contributed by atoms with Gasteiger partial charge in [0.15, 0.2) is 0 Å². The van der Waals surface area contributed by atoms with E-state index in [9.17, 15) is 14.4 Å². The molecule has 2 aromatic rings. The molecule has 0 unspecified atom stereocenters. The number of hydrogen-bond donors (Lipinski definition) is 0. The van der Waals surface area contributed by atoms with Gasteiger partial charge in [0, 0.05) is 60.3 Å². The Bertz CT molecular complexity index is 1230. The van der Waals surface area contributed by atoms with Gasteiger partial charge in [-0.1, -0.05) is 42.3 Å². The molecule has 214 valence electrons. The van der Waals surface area contributed by atoms with Crippen LogP contribution < -0.4 is 0 Å². The minimum atomic E-state index is -0.312. The lowest BCUT2D eigenvalue weighted by atomic mass is 9.95. The fraction of sp³-hybridized carbons (Fsp3) is 0.516. The Morgan fingerprint density at radius 1 is 0.850 bits per heavy atom. The summed E-state index contributed by atoms with van der Waals surface area (Å²) in [6.45, 7) is 5.75. The van der Waals surface area contributed by atoms with Gasteiger partial charge in [0.2, 0.25) is 5.91 Å². The van der Waals surface area contributed by atoms with Crippen LogP contribution in [0.15, 0.2) is 36.4 Å². The number of amides is 3. The van der Waals surface area contributed by atoms with Crippen molar-refractivity contribution in [3.63, 3.8) is 0 Å². The molecule has 9 heteroatoms. The van der Waals surface area contributed by atoms with E-state index >= 15 is 0 Å². The van der Waals surface area contributed by atoms with Crippen molar-refractivity contribution >= 4 is 41.1 Å². The summed E-state index contributed by atoms with van der Waals surface area (Å²) >= 11 is 13.5. The highest BCUT2D eigenvalue weighted by Gasteiger charge is 2.38. The smallest absolute Gasteiger partial charge is 0.409 e. The SMILES string of the molecule is COC(=O)N1CCC(N2CC[C@@H](Cc3c(Cl)cc(-c4ccc(C(=O)N5CCC(C)CC5)cc4)cc3Cl)C2=O)CC1. The van der Waals surface area contributed by atoms with E-state index in [2.05, 4.69) is 6.92 Å². The summed E-state index contributed by atoms with van der Waals surface area (Å²) in [7, 11) is 1.39. The van der Waals surface area contributed by atoms with E-state index in [0.717, 1.165) is 61.9 Å². The third kappa shape index (κ3) is 6.10. The van der Waals surface area contributed by atoms with Crippen molar-refractivity contribution in [1.29, 1.82) is 0 Å². The van der Waals surface area contributed by atoms with Gasteiger partial charge < -0.3 is 19.4 Å². The maximum Gasteiger partial charge on any atom is 0.409 e. The summed E-state index contributed by atoms with van der Waals surface area (Å²) in [6.07, 6.45) is 4.55. The van der Waals surface area contributed by atoms with E-state index in [1.807, 2.05) is 46.2 Å². The molecule has 3 fully saturated rings. The number of hydrogen-bond acceptors (Lipinski definition) is 4. The zero-order valence-electron chi connectivity index (χ0n) is 23.2. The molecule has 0 aliphatic carbocycles. The summed E-state index contributed by atoms with van der Waals surface area (Å²) in [4.78, 5) is 43.6. The third-order valence-electron chi connectivity index (χ3n) is 8.82. The van der Waals surface area contributed by atoms with Crippen molar-refractivity contribution < 1.29 is 19.1 Å². The van der Waals surface area contributed by atoms with Crippen molar-refractivity contribution in [2.45, 2.75) is 51.5 Å². The van der Waals surface area contributed by atoms with Crippen molar-refractivity contribution in [3.05, 3.63) is 57.6 Å². The van der Waals surface area contributed by atoms with Gasteiger partial charge in [0.1, 0.15) is 0 Å². The first kappa shape index (κ1) is 28.7. The fourth-order valence-electron chi connectivity index (χ4n) is 6.21. The summed E-state index contributed by atoms with van der Waals surface area (Å²) < 4.78 is 4.82. The van der Waals surface area contributed by atoms with Crippen molar-refractivity contribution in [2.24, 2.45) is 11.8 Å². The Kier molecular flexibility index (Phi) is 8.91. The molecule has 3 aliphatic rings. The van der Waals surface area contributed by atoms with Gasteiger partial charge in [-0.05, 0) is 85.4 Å². The summed E-state index contributed by atoms with van der Waals surface area (Å²) in [5.74, 6) is 0.722. The summed E-state index contributed by atoms with van der Waals surface area (Å²) in [6, 6.07) is 11.5. The summed E-state index contributed by atoms with van der Waals surface area (Å²) in [5.41, 5.74) is 3.29. The van der Waals surface area contributed by atoms with Crippen LogP contribution in [-0.4, -0.2) is 78.5 Å². The van der Waals surface area contributed by atoms with Gasteiger partial charge in [-0.2, -0.15) is 0 Å². The molecule has 0 bridgehead atoms. The van der Waals surface area contributed by atoms with Crippen LogP contribution in [-0.2, 0) is 16.0 Å². The molecule has 0 radical (unpaired) electrons. The molecule has 0 spiro atoms. The number of piperidine rings is 2. The zero-order chi connectivity index (χ0) is 28.4. The van der Waals surface area contributed by atoms with E-state index in [0.29, 0.717) is 47.6 Å². The van der Waals surface area contributed by atoms with Crippen molar-refractivity contribution in [1.82, 2.24) is 14.7 Å². The monoisotopic (exact) mass is 585 g/mol. The number of ether oxygens (including phenoxy) is 1. The number of rotatable bonds is 5. The first-order valence-corrected chi connectivity index (χ1v) is 15.0. The number of benzene rings is 2. The largest absolute Gasteiger partial charge is 0.453 e. The van der Waals surface area contributed by atoms with Gasteiger partial charge in [0.05, 0.1) is 7.11 Å². The number of nitrogens with zero attached hydrogens (tertiary/aromatic N) is 3. The molecular weight excluding hydrogens is 549 g/mol. The van der Waals surface area contributed by atoms with Gasteiger partial charge in [0.25, 0.3) is 5.91 Å². The molecule has 7 nitrogen and oxygen atoms in total. The standard InChI is InChI=1S/C31H37Cl2N3O4/c1-20-7-12-34(13-8-20)29(37)22-5-3-21(4-6-22)24-18-27(32)26(28(33)19-24)17-23-9-16-36(30(23)38)25-10-14-35(15-11-25)31(39)40-2/h3-6,18-20,23,25H,7-17H2,1-2H3/t23-/m0/s1. The van der Waals surface area contributed by atoms with Crippen LogP contribution in [0.1, 0.15) is 54.9 Å². The predicted molar refractivity (Wildman–Crippen MR) is 157 cm³/mol. The molecule has 0 aromatic heterocycles. The van der Waals surface area contributed by atoms with E-state index in [1.165, 1.54) is 7.11 Å². The number of likely N-dealkylation sites (tertiary alicyclic amines) is 3. The first-order valence-electron chi connectivity index (χ1n) is 14.3. The molecule has 5 rings (SSSR count). The minimum absolute atomic E-state index is 0.0779. The number of carbonyl (C=O) groups excluding carboxylic acids is 3. The second kappa shape index (κ2) is 12.4. The van der Waals surface area contributed by atoms with Crippen LogP contribution in [0, 0.1) is 11.8 Å². The molecule has 0 saturated carbocycles. The van der Waals surface area contributed by atoms with Crippen molar-refractivity contribution in [3.8, 4) is 11.1 Å². The Labute approximate surface area is 246 Å². The second-order valence-electron chi connectivity index (χ2n) is 11.4. The lowest BCUT2D eigenvalue weighted by Crippen LogP contribution is -2.47. The molecule has 3 amide bonds. The van der Waals surface area contributed by atoms with Crippen LogP contribution in [0.4, 0.5) is 4.79 Å². The lowest BCUT2D eigenvalue weighted by Gasteiger charge is -2.36. The highest BCUT2D eigenvalue weighted by molar-refractivity contribution is 6.36. The Morgan fingerprint density at radius 3 is 2.05 bits per heavy atom. The van der Waals surface area contributed by atoms with Crippen LogP contribution in [0.2, 0.25) is 10.0 Å². The molecule has 3 heterocycles. The Morgan fingerprint density at radius 2 is 1.45 bits per heavy atom. The fourth-order valence-corrected chi connectivity index (χ4v) is 6.86. The average Bonchev–Trinajstić information content (AvgIpc) is 3.34. The first-order chi connectivity index (χ1) is 19.2. The minimum Gasteiger partial charge on any atom is -0.453 e.